The van der Waals surface area contributed by atoms with Crippen LogP contribution in [0.5, 0.6) is 17.4 Å². The minimum atomic E-state index is -0.122. The molecule has 0 atom stereocenters. The van der Waals surface area contributed by atoms with E-state index in [0.717, 1.165) is 38.7 Å². The summed E-state index contributed by atoms with van der Waals surface area (Å²) in [5.74, 6) is 2.05. The first-order chi connectivity index (χ1) is 19.2. The van der Waals surface area contributed by atoms with Crippen LogP contribution < -0.4 is 19.8 Å². The fourth-order valence-corrected chi connectivity index (χ4v) is 4.07. The lowest BCUT2D eigenvalue weighted by Gasteiger charge is -2.09. The standard InChI is InChI=1S/C17H15NO2.C16H13NO2/c1-19-16-11-10-14-8-5-9-15(17(14)18-16)20-12-13-6-3-2-4-7-13;18-15-10-9-13-7-4-8-14(16(13)17-15)19-11-12-5-2-1-3-6-12/h2-11H,12H2,1H3;1-10H,11H2,(H,17,18). The van der Waals surface area contributed by atoms with E-state index < -0.39 is 0 Å². The van der Waals surface area contributed by atoms with Crippen LogP contribution in [0.4, 0.5) is 0 Å². The molecule has 0 unspecified atom stereocenters. The Kier molecular flexibility index (Phi) is 8.14. The summed E-state index contributed by atoms with van der Waals surface area (Å²) in [6.45, 7) is 1.01. The van der Waals surface area contributed by atoms with Gasteiger partial charge in [0, 0.05) is 22.9 Å². The van der Waals surface area contributed by atoms with Crippen LogP contribution in [0.1, 0.15) is 11.1 Å². The van der Waals surface area contributed by atoms with Crippen LogP contribution in [0.2, 0.25) is 0 Å². The van der Waals surface area contributed by atoms with Gasteiger partial charge in [0.2, 0.25) is 11.4 Å². The van der Waals surface area contributed by atoms with E-state index in [1.54, 1.807) is 13.2 Å². The molecule has 0 saturated heterocycles. The molecule has 0 spiro atoms. The highest BCUT2D eigenvalue weighted by molar-refractivity contribution is 5.85. The van der Waals surface area contributed by atoms with Crippen molar-refractivity contribution >= 4 is 21.8 Å². The number of H-pyrrole nitrogens is 1. The maximum Gasteiger partial charge on any atom is 0.248 e. The first kappa shape index (κ1) is 25.5. The predicted molar refractivity (Wildman–Crippen MR) is 154 cm³/mol. The molecule has 0 radical (unpaired) electrons. The van der Waals surface area contributed by atoms with Crippen LogP contribution >= 0.6 is 0 Å². The van der Waals surface area contributed by atoms with Crippen molar-refractivity contribution in [2.24, 2.45) is 0 Å². The summed E-state index contributed by atoms with van der Waals surface area (Å²) >= 11 is 0. The fraction of sp³-hybridized carbons (Fsp3) is 0.0909. The van der Waals surface area contributed by atoms with Crippen molar-refractivity contribution < 1.29 is 14.2 Å². The first-order valence-corrected chi connectivity index (χ1v) is 12.6. The molecule has 0 aliphatic heterocycles. The molecule has 6 aromatic rings. The number of nitrogens with one attached hydrogen (secondary N) is 1. The molecule has 1 N–H and O–H groups in total. The number of aromatic amines is 1. The van der Waals surface area contributed by atoms with Gasteiger partial charge in [-0.1, -0.05) is 84.9 Å². The number of hydrogen-bond donors (Lipinski definition) is 1. The number of aromatic nitrogens is 2. The van der Waals surface area contributed by atoms with Gasteiger partial charge in [0.1, 0.15) is 30.2 Å². The second kappa shape index (κ2) is 12.4. The summed E-state index contributed by atoms with van der Waals surface area (Å²) in [6.07, 6.45) is 0. The van der Waals surface area contributed by atoms with E-state index in [0.29, 0.717) is 24.8 Å². The Morgan fingerprint density at radius 1 is 0.615 bits per heavy atom. The topological polar surface area (TPSA) is 73.4 Å². The lowest BCUT2D eigenvalue weighted by molar-refractivity contribution is 0.309. The molecular weight excluding hydrogens is 488 g/mol. The highest BCUT2D eigenvalue weighted by Gasteiger charge is 2.06. The van der Waals surface area contributed by atoms with Gasteiger partial charge in [0.05, 0.1) is 12.6 Å². The zero-order valence-corrected chi connectivity index (χ0v) is 21.5. The van der Waals surface area contributed by atoms with Crippen molar-refractivity contribution in [1.29, 1.82) is 0 Å². The lowest BCUT2D eigenvalue weighted by Crippen LogP contribution is -2.04. The second-order valence-corrected chi connectivity index (χ2v) is 8.77. The van der Waals surface area contributed by atoms with E-state index in [-0.39, 0.29) is 5.56 Å². The number of fused-ring (bicyclic) bond motifs is 2. The van der Waals surface area contributed by atoms with Crippen molar-refractivity contribution in [2.45, 2.75) is 13.2 Å². The molecule has 6 rings (SSSR count). The average Bonchev–Trinajstić information content (AvgIpc) is 3.00. The molecule has 4 aromatic carbocycles. The van der Waals surface area contributed by atoms with E-state index in [9.17, 15) is 4.79 Å². The number of benzene rings is 4. The molecule has 0 saturated carbocycles. The number of rotatable bonds is 7. The Labute approximate surface area is 226 Å². The van der Waals surface area contributed by atoms with Crippen LogP contribution in [0.3, 0.4) is 0 Å². The quantitative estimate of drug-likeness (QED) is 0.249. The van der Waals surface area contributed by atoms with Gasteiger partial charge in [-0.05, 0) is 35.4 Å². The number of pyridine rings is 2. The fourth-order valence-electron chi connectivity index (χ4n) is 4.07. The van der Waals surface area contributed by atoms with E-state index in [4.69, 9.17) is 14.2 Å². The van der Waals surface area contributed by atoms with E-state index in [1.165, 1.54) is 6.07 Å². The number of hydrogen-bond acceptors (Lipinski definition) is 5. The molecule has 0 amide bonds. The second-order valence-electron chi connectivity index (χ2n) is 8.77. The zero-order valence-electron chi connectivity index (χ0n) is 21.5. The summed E-state index contributed by atoms with van der Waals surface area (Å²) in [7, 11) is 1.61. The summed E-state index contributed by atoms with van der Waals surface area (Å²) < 4.78 is 16.9. The SMILES string of the molecule is COc1ccc2cccc(OCc3ccccc3)c2n1.O=c1ccc2cccc(OCc3ccccc3)c2[nH]1. The molecule has 0 bridgehead atoms. The Morgan fingerprint density at radius 3 is 1.87 bits per heavy atom. The number of ether oxygens (including phenoxy) is 3. The minimum absolute atomic E-state index is 0.122. The minimum Gasteiger partial charge on any atom is -0.487 e. The van der Waals surface area contributed by atoms with Gasteiger partial charge in [0.15, 0.2) is 0 Å². The molecule has 39 heavy (non-hydrogen) atoms. The summed E-state index contributed by atoms with van der Waals surface area (Å²) in [4.78, 5) is 18.7. The van der Waals surface area contributed by atoms with Crippen molar-refractivity contribution in [1.82, 2.24) is 9.97 Å². The highest BCUT2D eigenvalue weighted by Crippen LogP contribution is 2.26. The van der Waals surface area contributed by atoms with Gasteiger partial charge in [-0.25, -0.2) is 4.98 Å². The van der Waals surface area contributed by atoms with Gasteiger partial charge in [0.25, 0.3) is 0 Å². The van der Waals surface area contributed by atoms with E-state index >= 15 is 0 Å². The van der Waals surface area contributed by atoms with Gasteiger partial charge in [-0.2, -0.15) is 0 Å². The summed E-state index contributed by atoms with van der Waals surface area (Å²) in [5.41, 5.74) is 3.67. The van der Waals surface area contributed by atoms with Crippen molar-refractivity contribution in [3.63, 3.8) is 0 Å². The van der Waals surface area contributed by atoms with Crippen molar-refractivity contribution in [3.8, 4) is 17.4 Å². The molecule has 2 aromatic heterocycles. The number of nitrogens with zero attached hydrogens (tertiary/aromatic N) is 1. The highest BCUT2D eigenvalue weighted by atomic mass is 16.5. The number of methoxy groups -OCH3 is 1. The van der Waals surface area contributed by atoms with Crippen LogP contribution in [-0.4, -0.2) is 17.1 Å². The van der Waals surface area contributed by atoms with Gasteiger partial charge >= 0.3 is 0 Å². The zero-order chi connectivity index (χ0) is 26.9. The molecule has 6 heteroatoms. The predicted octanol–water partition coefficient (Wildman–Crippen LogP) is 6.93. The van der Waals surface area contributed by atoms with E-state index in [2.05, 4.69) is 9.97 Å². The lowest BCUT2D eigenvalue weighted by atomic mass is 10.2. The molecule has 6 nitrogen and oxygen atoms in total. The summed E-state index contributed by atoms with van der Waals surface area (Å²) in [5, 5.41) is 2.00. The third-order valence-electron chi connectivity index (χ3n) is 6.06. The van der Waals surface area contributed by atoms with Gasteiger partial charge in [-0.3, -0.25) is 4.79 Å². The molecule has 0 fully saturated rings. The molecule has 0 aliphatic rings. The first-order valence-electron chi connectivity index (χ1n) is 12.6. The monoisotopic (exact) mass is 516 g/mol. The Morgan fingerprint density at radius 2 is 1.21 bits per heavy atom. The van der Waals surface area contributed by atoms with Crippen molar-refractivity contribution in [2.75, 3.05) is 7.11 Å². The third kappa shape index (κ3) is 6.62. The average molecular weight is 517 g/mol. The largest absolute Gasteiger partial charge is 0.487 e. The smallest absolute Gasteiger partial charge is 0.248 e. The maximum absolute atomic E-state index is 11.4. The van der Waals surface area contributed by atoms with Gasteiger partial charge in [-0.15, -0.1) is 0 Å². The molecule has 194 valence electrons. The molecule has 0 aliphatic carbocycles. The van der Waals surface area contributed by atoms with Gasteiger partial charge < -0.3 is 19.2 Å². The van der Waals surface area contributed by atoms with Crippen LogP contribution in [0.25, 0.3) is 21.8 Å². The Bertz CT molecular complexity index is 1720. The third-order valence-corrected chi connectivity index (χ3v) is 6.06. The van der Waals surface area contributed by atoms with Crippen molar-refractivity contribution in [3.05, 3.63) is 143 Å². The number of para-hydroxylation sites is 2. The maximum atomic E-state index is 11.4. The molecule has 2 heterocycles. The summed E-state index contributed by atoms with van der Waals surface area (Å²) in [6, 6.07) is 38.8. The molecular formula is C33H28N2O4. The van der Waals surface area contributed by atoms with Crippen LogP contribution in [0, 0.1) is 0 Å². The van der Waals surface area contributed by atoms with E-state index in [1.807, 2.05) is 109 Å². The van der Waals surface area contributed by atoms with Crippen LogP contribution in [-0.2, 0) is 13.2 Å². The normalized spacial score (nSPS) is 10.5. The Hall–Kier alpha value is -5.10. The van der Waals surface area contributed by atoms with Crippen LogP contribution in [0.15, 0.2) is 126 Å². The Balaban J connectivity index is 0.000000158.